The molecule has 7 heteroatoms. The summed E-state index contributed by atoms with van der Waals surface area (Å²) < 4.78 is 0. The first-order valence-corrected chi connectivity index (χ1v) is 5.98. The lowest BCUT2D eigenvalue weighted by Gasteiger charge is -2.25. The summed E-state index contributed by atoms with van der Waals surface area (Å²) in [5.74, 6) is -0.270. The van der Waals surface area contributed by atoms with E-state index in [1.807, 2.05) is 11.9 Å². The van der Waals surface area contributed by atoms with Crippen LogP contribution in [0.1, 0.15) is 6.92 Å². The average Bonchev–Trinajstić information content (AvgIpc) is 2.33. The van der Waals surface area contributed by atoms with Crippen molar-refractivity contribution < 1.29 is 9.86 Å². The van der Waals surface area contributed by atoms with Crippen molar-refractivity contribution in [2.45, 2.75) is 6.92 Å². The van der Waals surface area contributed by atoms with Gasteiger partial charge in [-0.25, -0.2) is 4.99 Å². The van der Waals surface area contributed by atoms with Crippen LogP contribution in [0.25, 0.3) is 0 Å². The number of amides is 1. The van der Waals surface area contributed by atoms with Crippen LogP contribution in [-0.4, -0.2) is 56.3 Å². The van der Waals surface area contributed by atoms with E-state index in [0.717, 1.165) is 13.1 Å². The molecule has 102 valence electrons. The minimum Gasteiger partial charge on any atom is -0.629 e. The molecule has 4 N–H and O–H groups in total. The lowest BCUT2D eigenvalue weighted by atomic mass is 10.3. The van der Waals surface area contributed by atoms with Gasteiger partial charge in [-0.1, -0.05) is 0 Å². The van der Waals surface area contributed by atoms with Gasteiger partial charge in [-0.05, 0) is 7.05 Å². The fraction of sp³-hybridized carbons (Fsp3) is 0.636. The van der Waals surface area contributed by atoms with Crippen LogP contribution in [0, 0.1) is 5.21 Å². The fourth-order valence-electron chi connectivity index (χ4n) is 1.52. The molecule has 0 saturated heterocycles. The van der Waals surface area contributed by atoms with Crippen LogP contribution < -0.4 is 16.1 Å². The molecule has 0 aliphatic carbocycles. The van der Waals surface area contributed by atoms with Gasteiger partial charge >= 0.3 is 0 Å². The second-order valence-corrected chi connectivity index (χ2v) is 4.34. The van der Waals surface area contributed by atoms with Crippen molar-refractivity contribution in [2.75, 3.05) is 39.8 Å². The Balaban J connectivity index is 2.34. The molecule has 0 saturated carbocycles. The van der Waals surface area contributed by atoms with E-state index in [4.69, 9.17) is 5.73 Å². The van der Waals surface area contributed by atoms with E-state index < -0.39 is 0 Å². The van der Waals surface area contributed by atoms with Crippen molar-refractivity contribution in [3.63, 3.8) is 0 Å². The van der Waals surface area contributed by atoms with E-state index in [9.17, 15) is 10.0 Å². The summed E-state index contributed by atoms with van der Waals surface area (Å²) in [5, 5.41) is 14.1. The summed E-state index contributed by atoms with van der Waals surface area (Å²) in [7, 11) is 1.94. The van der Waals surface area contributed by atoms with E-state index in [0.29, 0.717) is 18.8 Å². The lowest BCUT2D eigenvalue weighted by molar-refractivity contribution is -0.796. The second-order valence-electron chi connectivity index (χ2n) is 4.34. The quantitative estimate of drug-likeness (QED) is 0.465. The van der Waals surface area contributed by atoms with Gasteiger partial charge in [-0.15, -0.1) is 0 Å². The van der Waals surface area contributed by atoms with Gasteiger partial charge in [0, 0.05) is 33.1 Å². The molecule has 1 atom stereocenters. The molecule has 0 aromatic carbocycles. The van der Waals surface area contributed by atoms with Crippen LogP contribution in [-0.2, 0) is 4.79 Å². The van der Waals surface area contributed by atoms with Gasteiger partial charge in [-0.3, -0.25) is 4.79 Å². The molecule has 18 heavy (non-hydrogen) atoms. The smallest absolute Gasteiger partial charge is 0.271 e. The highest BCUT2D eigenvalue weighted by atomic mass is 16.5. The summed E-state index contributed by atoms with van der Waals surface area (Å²) >= 11 is 0. The van der Waals surface area contributed by atoms with Crippen molar-refractivity contribution in [1.82, 2.24) is 10.2 Å². The van der Waals surface area contributed by atoms with Crippen molar-refractivity contribution in [1.29, 1.82) is 0 Å². The summed E-state index contributed by atoms with van der Waals surface area (Å²) in [6, 6.07) is 0. The Morgan fingerprint density at radius 3 is 3.00 bits per heavy atom. The molecular weight excluding hydrogens is 234 g/mol. The predicted octanol–water partition coefficient (Wildman–Crippen LogP) is -2.31. The summed E-state index contributed by atoms with van der Waals surface area (Å²) in [4.78, 5) is 17.7. The van der Waals surface area contributed by atoms with Gasteiger partial charge in [0.1, 0.15) is 12.2 Å². The third-order valence-electron chi connectivity index (χ3n) is 2.73. The molecule has 1 amide bonds. The zero-order chi connectivity index (χ0) is 13.5. The minimum atomic E-state index is -0.270. The number of carbonyl (C=O) groups is 1. The van der Waals surface area contributed by atoms with Crippen molar-refractivity contribution in [3.05, 3.63) is 17.1 Å². The topological polar surface area (TPSA) is 98.2 Å². The first kappa shape index (κ1) is 14.8. The van der Waals surface area contributed by atoms with Gasteiger partial charge in [0.15, 0.2) is 5.71 Å². The Kier molecular flexibility index (Phi) is 5.93. The van der Waals surface area contributed by atoms with E-state index >= 15 is 0 Å². The largest absolute Gasteiger partial charge is 0.629 e. The molecule has 7 nitrogen and oxygen atoms in total. The van der Waals surface area contributed by atoms with Gasteiger partial charge in [0.2, 0.25) is 0 Å². The molecule has 0 aromatic heterocycles. The SMILES string of the molecule is CC1=CN=C(C(=O)NCCN(C)CCN)C[NH+]1[O-]. The highest BCUT2D eigenvalue weighted by Gasteiger charge is 2.18. The zero-order valence-electron chi connectivity index (χ0n) is 10.9. The molecule has 1 rings (SSSR count). The maximum atomic E-state index is 11.7. The molecule has 0 radical (unpaired) electrons. The molecular formula is C11H21N5O2. The monoisotopic (exact) mass is 255 g/mol. The third-order valence-corrected chi connectivity index (χ3v) is 2.73. The summed E-state index contributed by atoms with van der Waals surface area (Å²) in [6.45, 7) is 4.41. The van der Waals surface area contributed by atoms with Crippen molar-refractivity contribution in [3.8, 4) is 0 Å². The van der Waals surface area contributed by atoms with Crippen LogP contribution in [0.2, 0.25) is 0 Å². The average molecular weight is 255 g/mol. The maximum absolute atomic E-state index is 11.7. The molecule has 1 aliphatic heterocycles. The number of nitrogens with two attached hydrogens (primary N) is 1. The number of allylic oxidation sites excluding steroid dienone is 1. The predicted molar refractivity (Wildman–Crippen MR) is 69.9 cm³/mol. The Morgan fingerprint density at radius 1 is 1.67 bits per heavy atom. The molecule has 1 unspecified atom stereocenters. The Bertz CT molecular complexity index is 353. The number of rotatable bonds is 6. The number of quaternary nitrogens is 1. The first-order chi connectivity index (χ1) is 8.54. The number of nitrogens with one attached hydrogen (secondary N) is 2. The van der Waals surface area contributed by atoms with Crippen LogP contribution >= 0.6 is 0 Å². The van der Waals surface area contributed by atoms with Gasteiger partial charge in [-0.2, -0.15) is 0 Å². The second kappa shape index (κ2) is 7.22. The highest BCUT2D eigenvalue weighted by molar-refractivity contribution is 6.39. The third kappa shape index (κ3) is 4.53. The summed E-state index contributed by atoms with van der Waals surface area (Å²) in [6.07, 6.45) is 1.45. The number of hydrogen-bond acceptors (Lipinski definition) is 5. The van der Waals surface area contributed by atoms with Crippen LogP contribution in [0.4, 0.5) is 0 Å². The molecule has 0 bridgehead atoms. The molecule has 0 aromatic rings. The Hall–Kier alpha value is -1.28. The summed E-state index contributed by atoms with van der Waals surface area (Å²) in [5.41, 5.74) is 6.29. The standard InChI is InChI=1S/C11H21N5O2/c1-9-7-14-10(8-16(9)18)11(17)13-4-6-15(2)5-3-12/h7,16H,3-6,8,12H2,1-2H3,(H,13,17). The zero-order valence-corrected chi connectivity index (χ0v) is 10.9. The number of aliphatic imine (C=N–C) groups is 1. The Morgan fingerprint density at radius 2 is 2.39 bits per heavy atom. The van der Waals surface area contributed by atoms with Crippen molar-refractivity contribution in [2.24, 2.45) is 10.7 Å². The molecule has 1 aliphatic rings. The molecule has 1 heterocycles. The molecule has 0 spiro atoms. The highest BCUT2D eigenvalue weighted by Crippen LogP contribution is 1.91. The van der Waals surface area contributed by atoms with E-state index in [2.05, 4.69) is 10.3 Å². The van der Waals surface area contributed by atoms with E-state index in [-0.39, 0.29) is 23.2 Å². The van der Waals surface area contributed by atoms with Gasteiger partial charge in [0.25, 0.3) is 5.91 Å². The number of hydrogen-bond donors (Lipinski definition) is 3. The minimum absolute atomic E-state index is 0.0459. The number of likely N-dealkylation sites (N-methyl/N-ethyl adjacent to an activating group) is 1. The van der Waals surface area contributed by atoms with Crippen molar-refractivity contribution >= 4 is 11.6 Å². The first-order valence-electron chi connectivity index (χ1n) is 5.98. The van der Waals surface area contributed by atoms with Crippen LogP contribution in [0.3, 0.4) is 0 Å². The van der Waals surface area contributed by atoms with Crippen LogP contribution in [0.5, 0.6) is 0 Å². The molecule has 0 fully saturated rings. The number of carbonyl (C=O) groups excluding carboxylic acids is 1. The fourth-order valence-corrected chi connectivity index (χ4v) is 1.52. The van der Waals surface area contributed by atoms with E-state index in [1.165, 1.54) is 6.20 Å². The van der Waals surface area contributed by atoms with Crippen LogP contribution in [0.15, 0.2) is 16.9 Å². The number of hydroxylamine groups is 2. The van der Waals surface area contributed by atoms with Gasteiger partial charge in [0.05, 0.1) is 6.20 Å². The number of nitrogens with zero attached hydrogens (tertiary/aromatic N) is 2. The van der Waals surface area contributed by atoms with E-state index in [1.54, 1.807) is 6.92 Å². The van der Waals surface area contributed by atoms with Gasteiger partial charge < -0.3 is 26.2 Å². The Labute approximate surface area is 107 Å². The lowest BCUT2D eigenvalue weighted by Crippen LogP contribution is -3.06. The maximum Gasteiger partial charge on any atom is 0.271 e. The normalized spacial score (nSPS) is 19.5.